The monoisotopic (exact) mass is 309 g/mol. The van der Waals surface area contributed by atoms with E-state index < -0.39 is 6.04 Å². The third-order valence-electron chi connectivity index (χ3n) is 3.57. The standard InChI is InChI=1S/C17H27NO4/c1-5-12(10-14(18)17(19)20-4)13-8-9-15(21-6-2)16(11-13)22-7-3/h8-9,11-12,14H,5-7,10,18H2,1-4H3. The molecule has 0 amide bonds. The number of rotatable bonds is 9. The van der Waals surface area contributed by atoms with Crippen LogP contribution in [0.2, 0.25) is 0 Å². The molecule has 0 bridgehead atoms. The molecule has 22 heavy (non-hydrogen) atoms. The molecular weight excluding hydrogens is 282 g/mol. The second-order valence-electron chi connectivity index (χ2n) is 5.04. The predicted octanol–water partition coefficient (Wildman–Crippen LogP) is 2.87. The lowest BCUT2D eigenvalue weighted by Crippen LogP contribution is -2.33. The fourth-order valence-corrected chi connectivity index (χ4v) is 2.41. The molecule has 0 saturated carbocycles. The summed E-state index contributed by atoms with van der Waals surface area (Å²) in [6.07, 6.45) is 1.42. The highest BCUT2D eigenvalue weighted by Crippen LogP contribution is 2.34. The number of esters is 1. The average molecular weight is 309 g/mol. The first-order valence-corrected chi connectivity index (χ1v) is 7.80. The van der Waals surface area contributed by atoms with E-state index in [-0.39, 0.29) is 11.9 Å². The summed E-state index contributed by atoms with van der Waals surface area (Å²) in [6, 6.07) is 5.28. The van der Waals surface area contributed by atoms with E-state index in [2.05, 4.69) is 6.92 Å². The van der Waals surface area contributed by atoms with E-state index in [1.165, 1.54) is 7.11 Å². The first kappa shape index (κ1) is 18.3. The molecule has 5 nitrogen and oxygen atoms in total. The Bertz CT molecular complexity index is 476. The highest BCUT2D eigenvalue weighted by Gasteiger charge is 2.21. The lowest BCUT2D eigenvalue weighted by molar-refractivity contribution is -0.142. The fraction of sp³-hybridized carbons (Fsp3) is 0.588. The quantitative estimate of drug-likeness (QED) is 0.710. The number of nitrogens with two attached hydrogens (primary N) is 1. The molecule has 5 heteroatoms. The summed E-state index contributed by atoms with van der Waals surface area (Å²) >= 11 is 0. The smallest absolute Gasteiger partial charge is 0.322 e. The molecule has 0 heterocycles. The van der Waals surface area contributed by atoms with Gasteiger partial charge in [-0.15, -0.1) is 0 Å². The van der Waals surface area contributed by atoms with Crippen LogP contribution in [0.5, 0.6) is 11.5 Å². The maximum atomic E-state index is 11.5. The van der Waals surface area contributed by atoms with Gasteiger partial charge in [0.25, 0.3) is 0 Å². The summed E-state index contributed by atoms with van der Waals surface area (Å²) in [5.41, 5.74) is 6.98. The van der Waals surface area contributed by atoms with Crippen molar-refractivity contribution in [3.63, 3.8) is 0 Å². The number of hydrogen-bond acceptors (Lipinski definition) is 5. The summed E-state index contributed by atoms with van der Waals surface area (Å²) in [5.74, 6) is 1.26. The Hall–Kier alpha value is -1.75. The number of carbonyl (C=O) groups is 1. The maximum absolute atomic E-state index is 11.5. The molecule has 0 radical (unpaired) electrons. The van der Waals surface area contributed by atoms with E-state index >= 15 is 0 Å². The highest BCUT2D eigenvalue weighted by atomic mass is 16.5. The Labute approximate surface area is 132 Å². The molecule has 0 fully saturated rings. The van der Waals surface area contributed by atoms with E-state index in [1.807, 2.05) is 32.0 Å². The third-order valence-corrected chi connectivity index (χ3v) is 3.57. The van der Waals surface area contributed by atoms with Crippen LogP contribution < -0.4 is 15.2 Å². The van der Waals surface area contributed by atoms with Crippen molar-refractivity contribution in [3.8, 4) is 11.5 Å². The van der Waals surface area contributed by atoms with Gasteiger partial charge in [0.2, 0.25) is 0 Å². The predicted molar refractivity (Wildman–Crippen MR) is 86.4 cm³/mol. The van der Waals surface area contributed by atoms with Gasteiger partial charge in [-0.3, -0.25) is 4.79 Å². The van der Waals surface area contributed by atoms with Crippen LogP contribution in [-0.2, 0) is 9.53 Å². The number of ether oxygens (including phenoxy) is 3. The van der Waals surface area contributed by atoms with Crippen LogP contribution in [0.1, 0.15) is 45.1 Å². The minimum atomic E-state index is -0.614. The van der Waals surface area contributed by atoms with Crippen LogP contribution in [-0.4, -0.2) is 32.3 Å². The minimum Gasteiger partial charge on any atom is -0.490 e. The van der Waals surface area contributed by atoms with Crippen LogP contribution in [0.3, 0.4) is 0 Å². The first-order chi connectivity index (χ1) is 10.6. The van der Waals surface area contributed by atoms with Crippen molar-refractivity contribution < 1.29 is 19.0 Å². The van der Waals surface area contributed by atoms with Gasteiger partial charge >= 0.3 is 5.97 Å². The number of carbonyl (C=O) groups excluding carboxylic acids is 1. The summed E-state index contributed by atoms with van der Waals surface area (Å²) in [4.78, 5) is 11.5. The van der Waals surface area contributed by atoms with Crippen molar-refractivity contribution in [1.82, 2.24) is 0 Å². The molecular formula is C17H27NO4. The zero-order valence-electron chi connectivity index (χ0n) is 13.9. The zero-order chi connectivity index (χ0) is 16.5. The molecule has 124 valence electrons. The third kappa shape index (κ3) is 4.91. The van der Waals surface area contributed by atoms with Crippen LogP contribution in [0.15, 0.2) is 18.2 Å². The van der Waals surface area contributed by atoms with Gasteiger partial charge in [-0.1, -0.05) is 13.0 Å². The van der Waals surface area contributed by atoms with Crippen molar-refractivity contribution >= 4 is 5.97 Å². The molecule has 2 N–H and O–H groups in total. The van der Waals surface area contributed by atoms with Gasteiger partial charge in [-0.2, -0.15) is 0 Å². The van der Waals surface area contributed by atoms with Crippen molar-refractivity contribution in [1.29, 1.82) is 0 Å². The molecule has 2 unspecified atom stereocenters. The van der Waals surface area contributed by atoms with Gasteiger partial charge in [0.05, 0.1) is 20.3 Å². The second-order valence-corrected chi connectivity index (χ2v) is 5.04. The van der Waals surface area contributed by atoms with Crippen molar-refractivity contribution in [2.75, 3.05) is 20.3 Å². The largest absolute Gasteiger partial charge is 0.490 e. The van der Waals surface area contributed by atoms with Crippen LogP contribution >= 0.6 is 0 Å². The molecule has 0 aliphatic heterocycles. The number of methoxy groups -OCH3 is 1. The number of hydrogen-bond donors (Lipinski definition) is 1. The summed E-state index contributed by atoms with van der Waals surface area (Å²) in [5, 5.41) is 0. The highest BCUT2D eigenvalue weighted by molar-refractivity contribution is 5.75. The zero-order valence-corrected chi connectivity index (χ0v) is 13.9. The van der Waals surface area contributed by atoms with Gasteiger partial charge in [0, 0.05) is 0 Å². The Morgan fingerprint density at radius 3 is 2.32 bits per heavy atom. The Balaban J connectivity index is 2.96. The van der Waals surface area contributed by atoms with Crippen molar-refractivity contribution in [3.05, 3.63) is 23.8 Å². The normalized spacial score (nSPS) is 13.3. The topological polar surface area (TPSA) is 70.8 Å². The molecule has 0 saturated heterocycles. The molecule has 1 aromatic carbocycles. The number of benzene rings is 1. The molecule has 2 atom stereocenters. The van der Waals surface area contributed by atoms with Crippen LogP contribution in [0, 0.1) is 0 Å². The minimum absolute atomic E-state index is 0.170. The van der Waals surface area contributed by atoms with Gasteiger partial charge in [-0.25, -0.2) is 0 Å². The van der Waals surface area contributed by atoms with Gasteiger partial charge < -0.3 is 19.9 Å². The SMILES string of the molecule is CCOc1ccc(C(CC)CC(N)C(=O)OC)cc1OCC. The molecule has 0 spiro atoms. The van der Waals surface area contributed by atoms with Crippen LogP contribution in [0.25, 0.3) is 0 Å². The van der Waals surface area contributed by atoms with E-state index in [4.69, 9.17) is 19.9 Å². The lowest BCUT2D eigenvalue weighted by atomic mass is 9.90. The second kappa shape index (κ2) is 9.30. The van der Waals surface area contributed by atoms with E-state index in [0.29, 0.717) is 19.6 Å². The van der Waals surface area contributed by atoms with Gasteiger partial charge in [-0.05, 0) is 50.3 Å². The molecule has 0 aliphatic rings. The van der Waals surface area contributed by atoms with Gasteiger partial charge in [0.15, 0.2) is 11.5 Å². The van der Waals surface area contributed by atoms with E-state index in [1.54, 1.807) is 0 Å². The molecule has 0 aliphatic carbocycles. The summed E-state index contributed by atoms with van der Waals surface area (Å²) in [7, 11) is 1.35. The fourth-order valence-electron chi connectivity index (χ4n) is 2.41. The maximum Gasteiger partial charge on any atom is 0.322 e. The molecule has 1 rings (SSSR count). The van der Waals surface area contributed by atoms with E-state index in [0.717, 1.165) is 23.5 Å². The molecule has 1 aromatic rings. The molecule has 0 aromatic heterocycles. The van der Waals surface area contributed by atoms with Gasteiger partial charge in [0.1, 0.15) is 6.04 Å². The van der Waals surface area contributed by atoms with E-state index in [9.17, 15) is 4.79 Å². The van der Waals surface area contributed by atoms with Crippen molar-refractivity contribution in [2.45, 2.75) is 45.6 Å². The average Bonchev–Trinajstić information content (AvgIpc) is 2.53. The summed E-state index contributed by atoms with van der Waals surface area (Å²) < 4.78 is 15.9. The lowest BCUT2D eigenvalue weighted by Gasteiger charge is -2.20. The Kier molecular flexibility index (Phi) is 7.74. The summed E-state index contributed by atoms with van der Waals surface area (Å²) in [6.45, 7) is 7.11. The Morgan fingerprint density at radius 2 is 1.77 bits per heavy atom. The van der Waals surface area contributed by atoms with Crippen LogP contribution in [0.4, 0.5) is 0 Å². The first-order valence-electron chi connectivity index (χ1n) is 7.80. The Morgan fingerprint density at radius 1 is 1.14 bits per heavy atom. The van der Waals surface area contributed by atoms with Crippen molar-refractivity contribution in [2.24, 2.45) is 5.73 Å².